The number of aromatic nitrogens is 2. The van der Waals surface area contributed by atoms with Crippen LogP contribution in [0.2, 0.25) is 0 Å². The van der Waals surface area contributed by atoms with Gasteiger partial charge in [0.1, 0.15) is 5.60 Å². The SMILES string of the molecule is CCNC(=NCc1c(C)nn(-c2ccccc2)c1C)NCC(C)(O)c1cccs1. The average Bonchev–Trinajstić information content (AvgIpc) is 3.35. The molecule has 0 aliphatic carbocycles. The summed E-state index contributed by atoms with van der Waals surface area (Å²) in [7, 11) is 0. The maximum Gasteiger partial charge on any atom is 0.191 e. The standard InChI is InChI=1S/C22H29N5OS/c1-5-23-21(25-15-22(4,28)20-12-9-13-29-20)24-14-19-16(2)26-27(17(19)3)18-10-7-6-8-11-18/h6-13,28H,5,14-15H2,1-4H3,(H2,23,24,25). The molecular formula is C22H29N5OS. The maximum absolute atomic E-state index is 10.7. The van der Waals surface area contributed by atoms with Gasteiger partial charge in [-0.3, -0.25) is 0 Å². The van der Waals surface area contributed by atoms with Gasteiger partial charge in [0.2, 0.25) is 0 Å². The largest absolute Gasteiger partial charge is 0.383 e. The van der Waals surface area contributed by atoms with Crippen LogP contribution in [-0.4, -0.2) is 33.9 Å². The van der Waals surface area contributed by atoms with E-state index >= 15 is 0 Å². The highest BCUT2D eigenvalue weighted by molar-refractivity contribution is 7.10. The van der Waals surface area contributed by atoms with Crippen LogP contribution in [0, 0.1) is 13.8 Å². The number of rotatable bonds is 7. The van der Waals surface area contributed by atoms with Gasteiger partial charge in [0.25, 0.3) is 0 Å². The summed E-state index contributed by atoms with van der Waals surface area (Å²) in [5, 5.41) is 23.9. The fraction of sp³-hybridized carbons (Fsp3) is 0.364. The summed E-state index contributed by atoms with van der Waals surface area (Å²) >= 11 is 1.55. The van der Waals surface area contributed by atoms with Gasteiger partial charge in [-0.1, -0.05) is 24.3 Å². The van der Waals surface area contributed by atoms with E-state index in [1.807, 2.05) is 73.3 Å². The Morgan fingerprint density at radius 2 is 1.93 bits per heavy atom. The fourth-order valence-electron chi connectivity index (χ4n) is 3.15. The molecule has 0 saturated heterocycles. The minimum atomic E-state index is -0.950. The van der Waals surface area contributed by atoms with Crippen molar-refractivity contribution >= 4 is 17.3 Å². The first-order valence-corrected chi connectivity index (χ1v) is 10.7. The Bertz CT molecular complexity index is 945. The molecule has 154 valence electrons. The van der Waals surface area contributed by atoms with E-state index in [2.05, 4.69) is 17.6 Å². The summed E-state index contributed by atoms with van der Waals surface area (Å²) in [4.78, 5) is 5.66. The predicted octanol–water partition coefficient (Wildman–Crippen LogP) is 3.51. The zero-order valence-corrected chi connectivity index (χ0v) is 18.3. The van der Waals surface area contributed by atoms with Crippen LogP contribution < -0.4 is 10.6 Å². The van der Waals surface area contributed by atoms with Crippen LogP contribution in [0.25, 0.3) is 5.69 Å². The molecule has 6 nitrogen and oxygen atoms in total. The second-order valence-corrected chi connectivity index (χ2v) is 8.14. The third-order valence-electron chi connectivity index (χ3n) is 4.83. The first-order valence-electron chi connectivity index (χ1n) is 9.81. The van der Waals surface area contributed by atoms with Gasteiger partial charge < -0.3 is 15.7 Å². The van der Waals surface area contributed by atoms with Crippen LogP contribution in [0.1, 0.15) is 35.7 Å². The molecule has 0 saturated carbocycles. The molecule has 1 aromatic carbocycles. The van der Waals surface area contributed by atoms with E-state index in [1.54, 1.807) is 11.3 Å². The number of nitrogens with one attached hydrogen (secondary N) is 2. The minimum absolute atomic E-state index is 0.376. The van der Waals surface area contributed by atoms with Crippen molar-refractivity contribution in [1.29, 1.82) is 0 Å². The molecule has 0 amide bonds. The molecule has 0 radical (unpaired) electrons. The molecule has 1 unspecified atom stereocenters. The molecule has 7 heteroatoms. The van der Waals surface area contributed by atoms with Crippen molar-refractivity contribution in [3.05, 3.63) is 69.7 Å². The third-order valence-corrected chi connectivity index (χ3v) is 5.96. The zero-order valence-electron chi connectivity index (χ0n) is 17.4. The van der Waals surface area contributed by atoms with Crippen LogP contribution in [-0.2, 0) is 12.1 Å². The Morgan fingerprint density at radius 3 is 2.59 bits per heavy atom. The fourth-order valence-corrected chi connectivity index (χ4v) is 3.94. The first-order chi connectivity index (χ1) is 13.9. The average molecular weight is 412 g/mol. The highest BCUT2D eigenvalue weighted by Crippen LogP contribution is 2.24. The lowest BCUT2D eigenvalue weighted by molar-refractivity contribution is 0.0655. The Balaban J connectivity index is 1.74. The molecule has 1 atom stereocenters. The summed E-state index contributed by atoms with van der Waals surface area (Å²) in [5.74, 6) is 0.676. The van der Waals surface area contributed by atoms with Crippen molar-refractivity contribution in [2.24, 2.45) is 4.99 Å². The van der Waals surface area contributed by atoms with E-state index in [0.717, 1.165) is 34.1 Å². The molecule has 0 bridgehead atoms. The van der Waals surface area contributed by atoms with Gasteiger partial charge in [-0.15, -0.1) is 11.3 Å². The van der Waals surface area contributed by atoms with E-state index < -0.39 is 5.60 Å². The van der Waals surface area contributed by atoms with Crippen LogP contribution in [0.15, 0.2) is 52.8 Å². The second-order valence-electron chi connectivity index (χ2n) is 7.20. The number of para-hydroxylation sites is 1. The van der Waals surface area contributed by atoms with Gasteiger partial charge >= 0.3 is 0 Å². The van der Waals surface area contributed by atoms with E-state index in [4.69, 9.17) is 10.1 Å². The number of aliphatic hydroxyl groups is 1. The van der Waals surface area contributed by atoms with Crippen LogP contribution >= 0.6 is 11.3 Å². The van der Waals surface area contributed by atoms with Crippen molar-refractivity contribution in [3.8, 4) is 5.69 Å². The van der Waals surface area contributed by atoms with Gasteiger partial charge in [0.05, 0.1) is 24.5 Å². The smallest absolute Gasteiger partial charge is 0.191 e. The molecule has 0 aliphatic heterocycles. The molecule has 0 spiro atoms. The van der Waals surface area contributed by atoms with Crippen molar-refractivity contribution in [3.63, 3.8) is 0 Å². The second kappa shape index (κ2) is 9.24. The maximum atomic E-state index is 10.7. The van der Waals surface area contributed by atoms with Crippen LogP contribution in [0.3, 0.4) is 0 Å². The lowest BCUT2D eigenvalue weighted by atomic mass is 10.1. The molecule has 2 heterocycles. The van der Waals surface area contributed by atoms with Crippen molar-refractivity contribution < 1.29 is 5.11 Å². The summed E-state index contributed by atoms with van der Waals surface area (Å²) in [5.41, 5.74) is 3.25. The summed E-state index contributed by atoms with van der Waals surface area (Å²) in [6, 6.07) is 14.0. The summed E-state index contributed by atoms with van der Waals surface area (Å²) in [6.07, 6.45) is 0. The van der Waals surface area contributed by atoms with Gasteiger partial charge in [-0.2, -0.15) is 5.10 Å². The predicted molar refractivity (Wildman–Crippen MR) is 120 cm³/mol. The molecule has 2 aromatic heterocycles. The van der Waals surface area contributed by atoms with Crippen molar-refractivity contribution in [2.75, 3.05) is 13.1 Å². The van der Waals surface area contributed by atoms with E-state index in [1.165, 1.54) is 0 Å². The Morgan fingerprint density at radius 1 is 1.17 bits per heavy atom. The molecular weight excluding hydrogens is 382 g/mol. The minimum Gasteiger partial charge on any atom is -0.383 e. The number of aliphatic imine (C=N–C) groups is 1. The number of benzene rings is 1. The van der Waals surface area contributed by atoms with Gasteiger partial charge in [0.15, 0.2) is 5.96 Å². The molecule has 0 fully saturated rings. The quantitative estimate of drug-likeness (QED) is 0.411. The monoisotopic (exact) mass is 411 g/mol. The Kier molecular flexibility index (Phi) is 6.71. The number of thiophene rings is 1. The Hall–Kier alpha value is -2.64. The molecule has 29 heavy (non-hydrogen) atoms. The van der Waals surface area contributed by atoms with Gasteiger partial charge in [-0.05, 0) is 51.3 Å². The number of nitrogens with zero attached hydrogens (tertiary/aromatic N) is 3. The topological polar surface area (TPSA) is 74.5 Å². The van der Waals surface area contributed by atoms with E-state index in [0.29, 0.717) is 19.0 Å². The summed E-state index contributed by atoms with van der Waals surface area (Å²) < 4.78 is 1.96. The highest BCUT2D eigenvalue weighted by Gasteiger charge is 2.24. The van der Waals surface area contributed by atoms with E-state index in [9.17, 15) is 5.11 Å². The third kappa shape index (κ3) is 5.05. The number of guanidine groups is 1. The van der Waals surface area contributed by atoms with Gasteiger partial charge in [-0.25, -0.2) is 9.67 Å². The molecule has 0 aliphatic rings. The molecule has 3 rings (SSSR count). The summed E-state index contributed by atoms with van der Waals surface area (Å²) in [6.45, 7) is 9.56. The molecule has 3 aromatic rings. The van der Waals surface area contributed by atoms with Gasteiger partial charge in [0, 0.05) is 22.7 Å². The van der Waals surface area contributed by atoms with Crippen LogP contribution in [0.4, 0.5) is 0 Å². The lowest BCUT2D eigenvalue weighted by Gasteiger charge is -2.23. The first kappa shape index (κ1) is 21.1. The van der Waals surface area contributed by atoms with E-state index in [-0.39, 0.29) is 0 Å². The normalized spacial score (nSPS) is 13.9. The Labute approximate surface area is 176 Å². The highest BCUT2D eigenvalue weighted by atomic mass is 32.1. The van der Waals surface area contributed by atoms with Crippen LogP contribution in [0.5, 0.6) is 0 Å². The zero-order chi connectivity index (χ0) is 20.9. The van der Waals surface area contributed by atoms with Crippen molar-refractivity contribution in [2.45, 2.75) is 39.8 Å². The number of hydrogen-bond acceptors (Lipinski definition) is 4. The number of hydrogen-bond donors (Lipinski definition) is 3. The van der Waals surface area contributed by atoms with Crippen molar-refractivity contribution in [1.82, 2.24) is 20.4 Å². The number of aryl methyl sites for hydroxylation is 1. The lowest BCUT2D eigenvalue weighted by Crippen LogP contribution is -2.44. The molecule has 3 N–H and O–H groups in total.